The molecule has 2 aromatic carbocycles. The van der Waals surface area contributed by atoms with Crippen molar-refractivity contribution in [1.29, 1.82) is 0 Å². The van der Waals surface area contributed by atoms with Gasteiger partial charge in [0.15, 0.2) is 0 Å². The highest BCUT2D eigenvalue weighted by Gasteiger charge is 2.58. The van der Waals surface area contributed by atoms with Crippen LogP contribution in [-0.4, -0.2) is 17.3 Å². The minimum atomic E-state index is -0.609. The summed E-state index contributed by atoms with van der Waals surface area (Å²) in [6, 6.07) is 19.6. The molecule has 3 nitrogen and oxygen atoms in total. The lowest BCUT2D eigenvalue weighted by Gasteiger charge is -2.50. The molecule has 0 spiro atoms. The molecule has 1 aliphatic rings. The van der Waals surface area contributed by atoms with Crippen molar-refractivity contribution in [2.24, 2.45) is 0 Å². The molecule has 0 bridgehead atoms. The van der Waals surface area contributed by atoms with Crippen molar-refractivity contribution in [1.82, 2.24) is 5.06 Å². The van der Waals surface area contributed by atoms with E-state index in [1.54, 1.807) is 0 Å². The van der Waals surface area contributed by atoms with E-state index in [-0.39, 0.29) is 16.7 Å². The maximum absolute atomic E-state index is 7.27. The van der Waals surface area contributed by atoms with Crippen LogP contribution in [0.3, 0.4) is 0 Å². The van der Waals surface area contributed by atoms with Crippen molar-refractivity contribution in [2.75, 3.05) is 6.61 Å². The van der Waals surface area contributed by atoms with E-state index in [1.807, 2.05) is 0 Å². The molecule has 1 heterocycles. The van der Waals surface area contributed by atoms with E-state index in [1.165, 1.54) is 11.1 Å². The first-order chi connectivity index (χ1) is 15.1. The van der Waals surface area contributed by atoms with E-state index >= 15 is 0 Å². The SMILES string of the molecule is CCC1(CC)c2ccccc2C(CC)(CC)N1OC(C)(COC(C)(C)C)c1ccccc1. The van der Waals surface area contributed by atoms with Gasteiger partial charge in [-0.05, 0) is 70.1 Å². The Morgan fingerprint density at radius 3 is 1.53 bits per heavy atom. The Balaban J connectivity index is 2.16. The van der Waals surface area contributed by atoms with Gasteiger partial charge in [0.2, 0.25) is 0 Å². The van der Waals surface area contributed by atoms with Crippen LogP contribution >= 0.6 is 0 Å². The van der Waals surface area contributed by atoms with E-state index in [0.717, 1.165) is 31.2 Å². The zero-order valence-electron chi connectivity index (χ0n) is 21.5. The zero-order valence-corrected chi connectivity index (χ0v) is 21.5. The third kappa shape index (κ3) is 4.16. The predicted octanol–water partition coefficient (Wildman–Crippen LogP) is 7.69. The molecule has 0 N–H and O–H groups in total. The number of rotatable bonds is 9. The van der Waals surface area contributed by atoms with Gasteiger partial charge >= 0.3 is 0 Å². The van der Waals surface area contributed by atoms with E-state index < -0.39 is 5.60 Å². The van der Waals surface area contributed by atoms with Crippen LogP contribution in [0.4, 0.5) is 0 Å². The Morgan fingerprint density at radius 2 is 1.12 bits per heavy atom. The Labute approximate surface area is 196 Å². The van der Waals surface area contributed by atoms with Gasteiger partial charge in [0.1, 0.15) is 5.60 Å². The average Bonchev–Trinajstić information content (AvgIpc) is 3.03. The number of fused-ring (bicyclic) bond motifs is 1. The summed E-state index contributed by atoms with van der Waals surface area (Å²) in [5, 5.41) is 2.39. The molecular formula is C29H43NO2. The van der Waals surface area contributed by atoms with E-state index in [2.05, 4.69) is 115 Å². The normalized spacial score (nSPS) is 19.5. The lowest BCUT2D eigenvalue weighted by Crippen LogP contribution is -2.54. The predicted molar refractivity (Wildman–Crippen MR) is 133 cm³/mol. The van der Waals surface area contributed by atoms with Crippen molar-refractivity contribution in [3.8, 4) is 0 Å². The van der Waals surface area contributed by atoms with Crippen LogP contribution in [0.2, 0.25) is 0 Å². The van der Waals surface area contributed by atoms with E-state index in [0.29, 0.717) is 6.61 Å². The van der Waals surface area contributed by atoms with Crippen LogP contribution in [0, 0.1) is 0 Å². The monoisotopic (exact) mass is 437 g/mol. The van der Waals surface area contributed by atoms with Crippen molar-refractivity contribution in [3.63, 3.8) is 0 Å². The maximum atomic E-state index is 7.27. The first-order valence-electron chi connectivity index (χ1n) is 12.4. The summed E-state index contributed by atoms with van der Waals surface area (Å²) < 4.78 is 6.36. The summed E-state index contributed by atoms with van der Waals surface area (Å²) in [6.45, 7) is 18.2. The second-order valence-corrected chi connectivity index (χ2v) is 10.4. The fraction of sp³-hybridized carbons (Fsp3) is 0.586. The largest absolute Gasteiger partial charge is 0.372 e. The van der Waals surface area contributed by atoms with Crippen molar-refractivity contribution in [3.05, 3.63) is 71.3 Å². The molecule has 0 radical (unpaired) electrons. The van der Waals surface area contributed by atoms with E-state index in [9.17, 15) is 0 Å². The first kappa shape index (κ1) is 25.0. The average molecular weight is 438 g/mol. The van der Waals surface area contributed by atoms with Crippen LogP contribution < -0.4 is 0 Å². The number of benzene rings is 2. The van der Waals surface area contributed by atoms with Gasteiger partial charge in [0.25, 0.3) is 0 Å². The third-order valence-electron chi connectivity index (χ3n) is 7.50. The standard InChI is InChI=1S/C29H43NO2/c1-9-28(10-2)24-20-16-17-21-25(24)29(11-3,12-4)30(28)32-27(8,22-31-26(5,6)7)23-18-14-13-15-19-23/h13-21H,9-12,22H2,1-8H3. The summed E-state index contributed by atoms with van der Waals surface area (Å²) >= 11 is 0. The number of hydrogen-bond acceptors (Lipinski definition) is 3. The van der Waals surface area contributed by atoms with Gasteiger partial charge < -0.3 is 4.74 Å². The van der Waals surface area contributed by atoms with Gasteiger partial charge in [0, 0.05) is 0 Å². The van der Waals surface area contributed by atoms with Crippen LogP contribution in [0.1, 0.15) is 97.8 Å². The summed E-state index contributed by atoms with van der Waals surface area (Å²) in [5.74, 6) is 0. The number of nitrogens with zero attached hydrogens (tertiary/aromatic N) is 1. The van der Waals surface area contributed by atoms with Crippen LogP contribution in [0.15, 0.2) is 54.6 Å². The Bertz CT molecular complexity index is 839. The quantitative estimate of drug-likeness (QED) is 0.401. The molecule has 2 aromatic rings. The summed E-state index contributed by atoms with van der Waals surface area (Å²) in [7, 11) is 0. The second kappa shape index (κ2) is 9.29. The molecule has 0 saturated heterocycles. The number of ether oxygens (including phenoxy) is 1. The Hall–Kier alpha value is -1.68. The fourth-order valence-electron chi connectivity index (χ4n) is 5.44. The Morgan fingerprint density at radius 1 is 0.688 bits per heavy atom. The molecule has 1 atom stereocenters. The van der Waals surface area contributed by atoms with Crippen LogP contribution in [0.25, 0.3) is 0 Å². The highest BCUT2D eigenvalue weighted by Crippen LogP contribution is 2.57. The zero-order chi connectivity index (χ0) is 23.6. The molecule has 1 unspecified atom stereocenters. The Kier molecular flexibility index (Phi) is 7.24. The van der Waals surface area contributed by atoms with Gasteiger partial charge in [-0.3, -0.25) is 4.84 Å². The van der Waals surface area contributed by atoms with E-state index in [4.69, 9.17) is 9.57 Å². The number of hydrogen-bond donors (Lipinski definition) is 0. The molecule has 32 heavy (non-hydrogen) atoms. The first-order valence-corrected chi connectivity index (χ1v) is 12.4. The summed E-state index contributed by atoms with van der Waals surface area (Å²) in [4.78, 5) is 7.27. The third-order valence-corrected chi connectivity index (χ3v) is 7.50. The molecule has 0 saturated carbocycles. The summed E-state index contributed by atoms with van der Waals surface area (Å²) in [5.41, 5.74) is 2.79. The lowest BCUT2D eigenvalue weighted by molar-refractivity contribution is -0.349. The molecule has 3 heteroatoms. The highest BCUT2D eigenvalue weighted by molar-refractivity contribution is 5.44. The lowest BCUT2D eigenvalue weighted by atomic mass is 9.83. The summed E-state index contributed by atoms with van der Waals surface area (Å²) in [6.07, 6.45) is 3.97. The van der Waals surface area contributed by atoms with Gasteiger partial charge in [-0.25, -0.2) is 0 Å². The minimum Gasteiger partial charge on any atom is -0.372 e. The molecule has 1 aliphatic heterocycles. The van der Waals surface area contributed by atoms with Gasteiger partial charge in [0.05, 0.1) is 23.3 Å². The van der Waals surface area contributed by atoms with Crippen molar-refractivity contribution < 1.29 is 9.57 Å². The van der Waals surface area contributed by atoms with Crippen LogP contribution in [-0.2, 0) is 26.3 Å². The molecule has 176 valence electrons. The van der Waals surface area contributed by atoms with Gasteiger partial charge in [-0.1, -0.05) is 82.3 Å². The second-order valence-electron chi connectivity index (χ2n) is 10.4. The topological polar surface area (TPSA) is 21.7 Å². The van der Waals surface area contributed by atoms with Crippen molar-refractivity contribution >= 4 is 0 Å². The van der Waals surface area contributed by atoms with Crippen molar-refractivity contribution in [2.45, 2.75) is 103 Å². The van der Waals surface area contributed by atoms with Gasteiger partial charge in [-0.2, -0.15) is 5.06 Å². The molecular weight excluding hydrogens is 394 g/mol. The maximum Gasteiger partial charge on any atom is 0.135 e. The molecule has 3 rings (SSSR count). The fourth-order valence-corrected chi connectivity index (χ4v) is 5.44. The highest BCUT2D eigenvalue weighted by atomic mass is 16.7. The smallest absolute Gasteiger partial charge is 0.135 e. The van der Waals surface area contributed by atoms with Crippen LogP contribution in [0.5, 0.6) is 0 Å². The molecule has 0 fully saturated rings. The number of hydroxylamine groups is 2. The van der Waals surface area contributed by atoms with Gasteiger partial charge in [-0.15, -0.1) is 0 Å². The molecule has 0 amide bonds. The molecule has 0 aromatic heterocycles. The minimum absolute atomic E-state index is 0.166. The molecule has 0 aliphatic carbocycles.